The van der Waals surface area contributed by atoms with Crippen LogP contribution in [0.3, 0.4) is 0 Å². The SMILES string of the molecule is COc1ccc(COC[C@@H]2CCC[C@@]3(O2)O[C@H](COCc2ccccc2)[C@@H](OCc2ccccc2)[C@H](OCc2ccccc2)[C@H]3I)cc1. The molecule has 7 nitrogen and oxygen atoms in total. The molecule has 6 rings (SSSR count). The van der Waals surface area contributed by atoms with Gasteiger partial charge < -0.3 is 33.2 Å². The van der Waals surface area contributed by atoms with Crippen LogP contribution in [0.5, 0.6) is 5.75 Å². The summed E-state index contributed by atoms with van der Waals surface area (Å²) in [6.07, 6.45) is 1.38. The summed E-state index contributed by atoms with van der Waals surface area (Å²) in [6.45, 7) is 2.68. The van der Waals surface area contributed by atoms with E-state index in [0.717, 1.165) is 47.3 Å². The Morgan fingerprint density at radius 1 is 0.625 bits per heavy atom. The lowest BCUT2D eigenvalue weighted by Crippen LogP contribution is -2.67. The molecule has 0 saturated carbocycles. The van der Waals surface area contributed by atoms with Crippen LogP contribution in [0.2, 0.25) is 0 Å². The van der Waals surface area contributed by atoms with Crippen LogP contribution in [0.15, 0.2) is 115 Å². The lowest BCUT2D eigenvalue weighted by molar-refractivity contribution is -0.354. The molecule has 2 heterocycles. The van der Waals surface area contributed by atoms with Gasteiger partial charge in [-0.25, -0.2) is 0 Å². The zero-order chi connectivity index (χ0) is 33.0. The third-order valence-corrected chi connectivity index (χ3v) is 10.5. The van der Waals surface area contributed by atoms with Gasteiger partial charge in [-0.2, -0.15) is 0 Å². The normalized spacial score (nSPS) is 25.6. The van der Waals surface area contributed by atoms with Crippen LogP contribution >= 0.6 is 22.6 Å². The first-order chi connectivity index (χ1) is 23.6. The Balaban J connectivity index is 1.20. The molecular weight excluding hydrogens is 719 g/mol. The Hall–Kier alpha value is -2.83. The molecule has 0 radical (unpaired) electrons. The molecule has 0 aromatic heterocycles. The summed E-state index contributed by atoms with van der Waals surface area (Å²) >= 11 is 2.48. The van der Waals surface area contributed by atoms with Gasteiger partial charge in [-0.05, 0) is 47.2 Å². The fourth-order valence-corrected chi connectivity index (χ4v) is 7.56. The van der Waals surface area contributed by atoms with Crippen molar-refractivity contribution in [1.82, 2.24) is 0 Å². The molecule has 0 N–H and O–H groups in total. The molecule has 48 heavy (non-hydrogen) atoms. The molecule has 0 bridgehead atoms. The maximum atomic E-state index is 7.04. The lowest BCUT2D eigenvalue weighted by Gasteiger charge is -2.53. The standard InChI is InChI=1S/C40H45IO7/c1-42-34-21-19-33(20-22-34)25-43-28-35-18-11-23-40(47-35)39(41)38(46-27-32-16-9-4-10-17-32)37(45-26-31-14-7-3-8-15-31)36(48-40)29-44-24-30-12-5-2-6-13-30/h2-10,12-17,19-22,35-39H,11,18,23-29H2,1H3/t35-,36+,37+,38-,39+,40+/m0/s1. The van der Waals surface area contributed by atoms with Crippen LogP contribution in [0.1, 0.15) is 41.5 Å². The van der Waals surface area contributed by atoms with E-state index in [1.807, 2.05) is 78.9 Å². The Morgan fingerprint density at radius 3 is 1.73 bits per heavy atom. The highest BCUT2D eigenvalue weighted by molar-refractivity contribution is 14.1. The smallest absolute Gasteiger partial charge is 0.183 e. The number of hydrogen-bond acceptors (Lipinski definition) is 7. The zero-order valence-corrected chi connectivity index (χ0v) is 29.6. The first-order valence-electron chi connectivity index (χ1n) is 16.7. The molecule has 254 valence electrons. The van der Waals surface area contributed by atoms with Crippen LogP contribution < -0.4 is 4.74 Å². The molecular formula is C40H45IO7. The van der Waals surface area contributed by atoms with Crippen molar-refractivity contribution in [2.45, 2.75) is 79.8 Å². The molecule has 2 fully saturated rings. The molecule has 2 aliphatic heterocycles. The summed E-state index contributed by atoms with van der Waals surface area (Å²) in [4.78, 5) is 0. The van der Waals surface area contributed by atoms with Crippen molar-refractivity contribution < 1.29 is 33.2 Å². The summed E-state index contributed by atoms with van der Waals surface area (Å²) in [7, 11) is 1.67. The topological polar surface area (TPSA) is 64.6 Å². The largest absolute Gasteiger partial charge is 0.497 e. The van der Waals surface area contributed by atoms with Gasteiger partial charge in [0.1, 0.15) is 24.1 Å². The van der Waals surface area contributed by atoms with Crippen molar-refractivity contribution >= 4 is 22.6 Å². The minimum Gasteiger partial charge on any atom is -0.497 e. The average molecular weight is 765 g/mol. The summed E-state index contributed by atoms with van der Waals surface area (Å²) in [5.41, 5.74) is 4.40. The molecule has 1 spiro atoms. The van der Waals surface area contributed by atoms with Crippen molar-refractivity contribution in [3.8, 4) is 5.75 Å². The Kier molecular flexibility index (Phi) is 12.9. The summed E-state index contributed by atoms with van der Waals surface area (Å²) < 4.78 is 45.1. The molecule has 0 amide bonds. The van der Waals surface area contributed by atoms with Gasteiger partial charge in [-0.1, -0.05) is 126 Å². The first-order valence-corrected chi connectivity index (χ1v) is 18.0. The van der Waals surface area contributed by atoms with Crippen LogP contribution in [0.25, 0.3) is 0 Å². The minimum absolute atomic E-state index is 0.114. The van der Waals surface area contributed by atoms with Gasteiger partial charge in [-0.3, -0.25) is 0 Å². The van der Waals surface area contributed by atoms with E-state index in [4.69, 9.17) is 33.2 Å². The van der Waals surface area contributed by atoms with E-state index in [1.54, 1.807) is 7.11 Å². The highest BCUT2D eigenvalue weighted by atomic mass is 127. The van der Waals surface area contributed by atoms with E-state index in [9.17, 15) is 0 Å². The molecule has 2 aliphatic rings. The van der Waals surface area contributed by atoms with Gasteiger partial charge in [0.05, 0.1) is 56.8 Å². The van der Waals surface area contributed by atoms with Crippen molar-refractivity contribution in [2.75, 3.05) is 20.3 Å². The molecule has 6 atom stereocenters. The van der Waals surface area contributed by atoms with Gasteiger partial charge in [0.25, 0.3) is 0 Å². The predicted octanol–water partition coefficient (Wildman–Crippen LogP) is 8.07. The van der Waals surface area contributed by atoms with E-state index >= 15 is 0 Å². The zero-order valence-electron chi connectivity index (χ0n) is 27.5. The van der Waals surface area contributed by atoms with Gasteiger partial charge in [0.15, 0.2) is 5.79 Å². The fraction of sp³-hybridized carbons (Fsp3) is 0.400. The Bertz CT molecular complexity index is 1490. The van der Waals surface area contributed by atoms with E-state index in [0.29, 0.717) is 39.6 Å². The van der Waals surface area contributed by atoms with Crippen molar-refractivity contribution in [3.63, 3.8) is 0 Å². The third-order valence-electron chi connectivity index (χ3n) is 8.86. The van der Waals surface area contributed by atoms with Crippen LogP contribution in [-0.4, -0.2) is 54.5 Å². The number of hydrogen-bond donors (Lipinski definition) is 0. The molecule has 2 saturated heterocycles. The van der Waals surface area contributed by atoms with Crippen LogP contribution in [0, 0.1) is 0 Å². The Labute approximate surface area is 297 Å². The van der Waals surface area contributed by atoms with Crippen LogP contribution in [-0.2, 0) is 54.8 Å². The monoisotopic (exact) mass is 764 g/mol. The van der Waals surface area contributed by atoms with Gasteiger partial charge >= 0.3 is 0 Å². The third kappa shape index (κ3) is 9.44. The molecule has 8 heteroatoms. The van der Waals surface area contributed by atoms with E-state index in [-0.39, 0.29) is 22.2 Å². The maximum absolute atomic E-state index is 7.04. The van der Waals surface area contributed by atoms with E-state index < -0.39 is 11.9 Å². The van der Waals surface area contributed by atoms with Crippen molar-refractivity contribution in [1.29, 1.82) is 0 Å². The van der Waals surface area contributed by atoms with Gasteiger partial charge in [0.2, 0.25) is 0 Å². The summed E-state index contributed by atoms with van der Waals surface area (Å²) in [5, 5.41) is 0. The van der Waals surface area contributed by atoms with Gasteiger partial charge in [0, 0.05) is 6.42 Å². The molecule has 0 aliphatic carbocycles. The van der Waals surface area contributed by atoms with Crippen LogP contribution in [0.4, 0.5) is 0 Å². The first kappa shape index (κ1) is 35.0. The number of rotatable bonds is 15. The second kappa shape index (κ2) is 17.7. The number of halogens is 1. The molecule has 4 aromatic rings. The highest BCUT2D eigenvalue weighted by Gasteiger charge is 2.57. The number of methoxy groups -OCH3 is 1. The summed E-state index contributed by atoms with van der Waals surface area (Å²) in [6, 6.07) is 38.7. The average Bonchev–Trinajstić information content (AvgIpc) is 3.14. The maximum Gasteiger partial charge on any atom is 0.183 e. The number of alkyl halides is 1. The molecule has 4 aromatic carbocycles. The van der Waals surface area contributed by atoms with E-state index in [1.165, 1.54) is 0 Å². The fourth-order valence-electron chi connectivity index (χ4n) is 6.34. The number of ether oxygens (including phenoxy) is 7. The number of benzene rings is 4. The van der Waals surface area contributed by atoms with Crippen molar-refractivity contribution in [3.05, 3.63) is 138 Å². The molecule has 0 unspecified atom stereocenters. The lowest BCUT2D eigenvalue weighted by atomic mass is 9.89. The minimum atomic E-state index is -0.873. The predicted molar refractivity (Wildman–Crippen MR) is 193 cm³/mol. The quantitative estimate of drug-likeness (QED) is 0.0897. The summed E-state index contributed by atoms with van der Waals surface area (Å²) in [5.74, 6) is -0.0435. The second-order valence-electron chi connectivity index (χ2n) is 12.4. The van der Waals surface area contributed by atoms with Gasteiger partial charge in [-0.15, -0.1) is 0 Å². The highest BCUT2D eigenvalue weighted by Crippen LogP contribution is 2.45. The van der Waals surface area contributed by atoms with E-state index in [2.05, 4.69) is 59.0 Å². The second-order valence-corrected chi connectivity index (χ2v) is 13.7. The van der Waals surface area contributed by atoms with Crippen molar-refractivity contribution in [2.24, 2.45) is 0 Å². The Morgan fingerprint density at radius 2 is 1.15 bits per heavy atom.